The van der Waals surface area contributed by atoms with Crippen LogP contribution in [0.3, 0.4) is 0 Å². The van der Waals surface area contributed by atoms with Gasteiger partial charge in [-0.3, -0.25) is 9.78 Å². The highest BCUT2D eigenvalue weighted by molar-refractivity contribution is 5.79. The Bertz CT molecular complexity index is 958. The van der Waals surface area contributed by atoms with Gasteiger partial charge in [-0.25, -0.2) is 0 Å². The van der Waals surface area contributed by atoms with Gasteiger partial charge < -0.3 is 10.2 Å². The summed E-state index contributed by atoms with van der Waals surface area (Å²) in [6.07, 6.45) is 4.41. The van der Waals surface area contributed by atoms with Gasteiger partial charge in [-0.2, -0.15) is 0 Å². The van der Waals surface area contributed by atoms with Crippen LogP contribution in [-0.2, 0) is 11.2 Å². The second kappa shape index (κ2) is 9.68. The fourth-order valence-corrected chi connectivity index (χ4v) is 4.26. The zero-order chi connectivity index (χ0) is 20.8. The quantitative estimate of drug-likeness (QED) is 0.677. The molecule has 0 saturated carbocycles. The van der Waals surface area contributed by atoms with Gasteiger partial charge in [0, 0.05) is 38.6 Å². The highest BCUT2D eigenvalue weighted by Crippen LogP contribution is 2.23. The van der Waals surface area contributed by atoms with E-state index >= 15 is 0 Å². The first-order valence-corrected chi connectivity index (χ1v) is 10.7. The number of aromatic nitrogens is 1. The summed E-state index contributed by atoms with van der Waals surface area (Å²) in [4.78, 5) is 19.4. The molecule has 4 rings (SSSR count). The predicted molar refractivity (Wildman–Crippen MR) is 121 cm³/mol. The number of carbonyl (C=O) groups excluding carboxylic acids is 1. The first-order valence-electron chi connectivity index (χ1n) is 10.7. The Hall–Kier alpha value is -2.98. The molecule has 0 aliphatic carbocycles. The third kappa shape index (κ3) is 5.14. The van der Waals surface area contributed by atoms with Gasteiger partial charge in [0.25, 0.3) is 0 Å². The van der Waals surface area contributed by atoms with Crippen LogP contribution in [0.25, 0.3) is 11.1 Å². The Morgan fingerprint density at radius 2 is 1.90 bits per heavy atom. The second-order valence-corrected chi connectivity index (χ2v) is 8.21. The van der Waals surface area contributed by atoms with Crippen molar-refractivity contribution in [2.75, 3.05) is 26.2 Å². The number of hydrogen-bond donors (Lipinski definition) is 1. The molecule has 30 heavy (non-hydrogen) atoms. The Balaban J connectivity index is 1.45. The Labute approximate surface area is 179 Å². The number of amides is 1. The van der Waals surface area contributed by atoms with Crippen LogP contribution in [0.4, 0.5) is 0 Å². The van der Waals surface area contributed by atoms with Gasteiger partial charge in [0.15, 0.2) is 0 Å². The predicted octanol–water partition coefficient (Wildman–Crippen LogP) is 4.14. The van der Waals surface area contributed by atoms with Crippen LogP contribution in [0.1, 0.15) is 24.0 Å². The van der Waals surface area contributed by atoms with E-state index in [9.17, 15) is 4.79 Å². The summed E-state index contributed by atoms with van der Waals surface area (Å²) < 4.78 is 0. The molecular formula is C26H29N3O. The van der Waals surface area contributed by atoms with Crippen LogP contribution in [0.15, 0.2) is 79.1 Å². The molecule has 1 saturated heterocycles. The zero-order valence-corrected chi connectivity index (χ0v) is 17.5. The molecule has 1 N–H and O–H groups in total. The minimum absolute atomic E-state index is 0.0420. The van der Waals surface area contributed by atoms with E-state index in [4.69, 9.17) is 0 Å². The van der Waals surface area contributed by atoms with E-state index in [0.29, 0.717) is 12.5 Å². The first-order chi connectivity index (χ1) is 14.7. The monoisotopic (exact) mass is 399 g/mol. The minimum atomic E-state index is -0.0420. The summed E-state index contributed by atoms with van der Waals surface area (Å²) in [6, 6.07) is 23.1. The maximum Gasteiger partial charge on any atom is 0.224 e. The van der Waals surface area contributed by atoms with Crippen LogP contribution < -0.4 is 5.32 Å². The highest BCUT2D eigenvalue weighted by atomic mass is 16.1. The molecule has 2 aromatic carbocycles. The van der Waals surface area contributed by atoms with E-state index in [-0.39, 0.29) is 11.8 Å². The van der Waals surface area contributed by atoms with Gasteiger partial charge >= 0.3 is 0 Å². The number of carbonyl (C=O) groups is 1. The lowest BCUT2D eigenvalue weighted by atomic mass is 9.95. The summed E-state index contributed by atoms with van der Waals surface area (Å²) in [5.41, 5.74) is 4.78. The van der Waals surface area contributed by atoms with E-state index in [1.807, 2.05) is 12.3 Å². The zero-order valence-electron chi connectivity index (χ0n) is 17.5. The van der Waals surface area contributed by atoms with E-state index in [1.165, 1.54) is 11.1 Å². The lowest BCUT2D eigenvalue weighted by Gasteiger charge is -2.26. The van der Waals surface area contributed by atoms with E-state index in [0.717, 1.165) is 37.2 Å². The summed E-state index contributed by atoms with van der Waals surface area (Å²) in [5.74, 6) is 0.560. The summed E-state index contributed by atoms with van der Waals surface area (Å²) in [6.45, 7) is 5.63. The molecule has 1 fully saturated rings. The summed E-state index contributed by atoms with van der Waals surface area (Å²) in [7, 11) is 0. The number of rotatable bonds is 6. The Kier molecular flexibility index (Phi) is 6.55. The van der Waals surface area contributed by atoms with Crippen molar-refractivity contribution in [1.82, 2.24) is 15.2 Å². The van der Waals surface area contributed by atoms with Gasteiger partial charge in [-0.05, 0) is 40.7 Å². The van der Waals surface area contributed by atoms with Crippen molar-refractivity contribution < 1.29 is 4.79 Å². The lowest BCUT2D eigenvalue weighted by Crippen LogP contribution is -2.35. The number of nitrogens with one attached hydrogen (secondary N) is 1. The summed E-state index contributed by atoms with van der Waals surface area (Å²) >= 11 is 0. The normalized spacial score (nSPS) is 18.4. The van der Waals surface area contributed by atoms with Crippen molar-refractivity contribution in [1.29, 1.82) is 0 Å². The molecule has 3 aromatic rings. The molecule has 0 radical (unpaired) electrons. The van der Waals surface area contributed by atoms with Crippen molar-refractivity contribution in [2.24, 2.45) is 5.92 Å². The SMILES string of the molecule is C[C@H](CN1CCNC(=O)[C@@H](Cc2cccc(-c3cccnc3)c2)C1)c1ccccc1. The van der Waals surface area contributed by atoms with E-state index in [1.54, 1.807) is 6.20 Å². The summed E-state index contributed by atoms with van der Waals surface area (Å²) in [5, 5.41) is 3.11. The topological polar surface area (TPSA) is 45.2 Å². The average Bonchev–Trinajstić information content (AvgIpc) is 2.96. The van der Waals surface area contributed by atoms with Crippen LogP contribution in [0.2, 0.25) is 0 Å². The Morgan fingerprint density at radius 1 is 1.07 bits per heavy atom. The molecule has 4 heteroatoms. The van der Waals surface area contributed by atoms with Crippen molar-refractivity contribution in [2.45, 2.75) is 19.3 Å². The second-order valence-electron chi connectivity index (χ2n) is 8.21. The molecule has 0 spiro atoms. The van der Waals surface area contributed by atoms with Gasteiger partial charge in [-0.1, -0.05) is 67.6 Å². The van der Waals surface area contributed by atoms with Crippen molar-refractivity contribution in [3.05, 3.63) is 90.3 Å². The molecule has 1 aromatic heterocycles. The van der Waals surface area contributed by atoms with Crippen LogP contribution >= 0.6 is 0 Å². The number of hydrogen-bond acceptors (Lipinski definition) is 3. The smallest absolute Gasteiger partial charge is 0.224 e. The average molecular weight is 400 g/mol. The molecular weight excluding hydrogens is 370 g/mol. The van der Waals surface area contributed by atoms with Crippen LogP contribution in [0.5, 0.6) is 0 Å². The largest absolute Gasteiger partial charge is 0.355 e. The molecule has 154 valence electrons. The third-order valence-corrected chi connectivity index (χ3v) is 5.88. The molecule has 1 aliphatic rings. The number of benzene rings is 2. The van der Waals surface area contributed by atoms with Crippen molar-refractivity contribution >= 4 is 5.91 Å². The van der Waals surface area contributed by atoms with Gasteiger partial charge in [0.05, 0.1) is 5.92 Å². The number of pyridine rings is 1. The molecule has 1 aliphatic heterocycles. The van der Waals surface area contributed by atoms with Gasteiger partial charge in [0.2, 0.25) is 5.91 Å². The molecule has 0 bridgehead atoms. The van der Waals surface area contributed by atoms with Gasteiger partial charge in [0.1, 0.15) is 0 Å². The standard InChI is InChI=1S/C26H29N3O/c1-20(22-8-3-2-4-9-22)18-29-14-13-28-26(30)25(19-29)16-21-7-5-10-23(15-21)24-11-6-12-27-17-24/h2-12,15,17,20,25H,13-14,16,18-19H2,1H3,(H,28,30)/t20-,25+/m1/s1. The molecule has 4 nitrogen and oxygen atoms in total. The lowest BCUT2D eigenvalue weighted by molar-refractivity contribution is -0.124. The number of nitrogens with zero attached hydrogens (tertiary/aromatic N) is 2. The van der Waals surface area contributed by atoms with E-state index < -0.39 is 0 Å². The first kappa shape index (κ1) is 20.3. The van der Waals surface area contributed by atoms with E-state index in [2.05, 4.69) is 82.8 Å². The fourth-order valence-electron chi connectivity index (χ4n) is 4.26. The van der Waals surface area contributed by atoms with Crippen LogP contribution in [0, 0.1) is 5.92 Å². The third-order valence-electron chi connectivity index (χ3n) is 5.88. The van der Waals surface area contributed by atoms with Crippen molar-refractivity contribution in [3.8, 4) is 11.1 Å². The maximum atomic E-state index is 12.7. The van der Waals surface area contributed by atoms with Gasteiger partial charge in [-0.15, -0.1) is 0 Å². The maximum absolute atomic E-state index is 12.7. The fraction of sp³-hybridized carbons (Fsp3) is 0.308. The molecule has 2 heterocycles. The Morgan fingerprint density at radius 3 is 2.70 bits per heavy atom. The molecule has 1 amide bonds. The molecule has 0 unspecified atom stereocenters. The van der Waals surface area contributed by atoms with Crippen LogP contribution in [-0.4, -0.2) is 42.0 Å². The highest BCUT2D eigenvalue weighted by Gasteiger charge is 2.26. The van der Waals surface area contributed by atoms with Crippen molar-refractivity contribution in [3.63, 3.8) is 0 Å². The minimum Gasteiger partial charge on any atom is -0.355 e. The molecule has 2 atom stereocenters.